The van der Waals surface area contributed by atoms with Gasteiger partial charge in [-0.3, -0.25) is 0 Å². The van der Waals surface area contributed by atoms with Crippen molar-refractivity contribution in [1.82, 2.24) is 0 Å². The van der Waals surface area contributed by atoms with E-state index in [2.05, 4.69) is 39.0 Å². The molecular formula is C24H32O2. The molecule has 1 heterocycles. The summed E-state index contributed by atoms with van der Waals surface area (Å²) in [6.07, 6.45) is 13.5. The fraction of sp³-hybridized carbons (Fsp3) is 0.667. The van der Waals surface area contributed by atoms with Crippen molar-refractivity contribution in [2.45, 2.75) is 65.4 Å². The molecule has 0 aromatic carbocycles. The third-order valence-electron chi connectivity index (χ3n) is 8.78. The molecule has 1 aromatic rings. The summed E-state index contributed by atoms with van der Waals surface area (Å²) >= 11 is 0. The molecule has 2 unspecified atom stereocenters. The van der Waals surface area contributed by atoms with Crippen LogP contribution in [0.25, 0.3) is 5.57 Å². The average molecular weight is 353 g/mol. The van der Waals surface area contributed by atoms with Gasteiger partial charge in [0.1, 0.15) is 5.76 Å². The van der Waals surface area contributed by atoms with E-state index in [1.165, 1.54) is 24.8 Å². The third kappa shape index (κ3) is 2.14. The maximum Gasteiger partial charge on any atom is 0.130 e. The monoisotopic (exact) mass is 352 g/mol. The van der Waals surface area contributed by atoms with Crippen LogP contribution in [0.2, 0.25) is 0 Å². The molecule has 4 aliphatic carbocycles. The minimum atomic E-state index is -0.120. The largest absolute Gasteiger partial charge is 0.465 e. The number of aliphatic hydroxyl groups is 1. The maximum atomic E-state index is 10.2. The molecule has 0 bridgehead atoms. The van der Waals surface area contributed by atoms with Crippen molar-refractivity contribution < 1.29 is 9.52 Å². The highest BCUT2D eigenvalue weighted by Crippen LogP contribution is 2.67. The number of hydrogen-bond acceptors (Lipinski definition) is 2. The fourth-order valence-electron chi connectivity index (χ4n) is 7.38. The van der Waals surface area contributed by atoms with Gasteiger partial charge in [-0.1, -0.05) is 38.5 Å². The van der Waals surface area contributed by atoms with Gasteiger partial charge in [-0.15, -0.1) is 0 Å². The summed E-state index contributed by atoms with van der Waals surface area (Å²) in [5, 5.41) is 10.2. The first kappa shape index (κ1) is 16.9. The molecule has 7 atom stereocenters. The Morgan fingerprint density at radius 2 is 1.92 bits per heavy atom. The van der Waals surface area contributed by atoms with Gasteiger partial charge in [-0.05, 0) is 90.7 Å². The number of furan rings is 1. The van der Waals surface area contributed by atoms with E-state index in [9.17, 15) is 5.11 Å². The van der Waals surface area contributed by atoms with Crippen LogP contribution < -0.4 is 0 Å². The van der Waals surface area contributed by atoms with Gasteiger partial charge in [-0.2, -0.15) is 0 Å². The second kappa shape index (κ2) is 5.61. The van der Waals surface area contributed by atoms with E-state index >= 15 is 0 Å². The Bertz CT molecular complexity index is 757. The Balaban J connectivity index is 1.52. The molecule has 1 aromatic heterocycles. The minimum Gasteiger partial charge on any atom is -0.465 e. The van der Waals surface area contributed by atoms with Gasteiger partial charge in [0, 0.05) is 0 Å². The van der Waals surface area contributed by atoms with Crippen LogP contribution in [0, 0.1) is 34.5 Å². The molecule has 26 heavy (non-hydrogen) atoms. The van der Waals surface area contributed by atoms with E-state index in [1.807, 2.05) is 12.3 Å². The predicted molar refractivity (Wildman–Crippen MR) is 104 cm³/mol. The lowest BCUT2D eigenvalue weighted by molar-refractivity contribution is -0.0428. The molecule has 1 N–H and O–H groups in total. The van der Waals surface area contributed by atoms with Gasteiger partial charge in [0.15, 0.2) is 0 Å². The molecule has 5 rings (SSSR count). The van der Waals surface area contributed by atoms with Crippen LogP contribution in [-0.2, 0) is 0 Å². The molecule has 2 fully saturated rings. The molecule has 2 nitrogen and oxygen atoms in total. The molecule has 2 heteroatoms. The summed E-state index contributed by atoms with van der Waals surface area (Å²) in [4.78, 5) is 0. The summed E-state index contributed by atoms with van der Waals surface area (Å²) in [5.41, 5.74) is 3.58. The van der Waals surface area contributed by atoms with Gasteiger partial charge in [0.05, 0.1) is 12.4 Å². The van der Waals surface area contributed by atoms with Crippen LogP contribution in [0.1, 0.15) is 65.1 Å². The zero-order chi connectivity index (χ0) is 18.1. The number of rotatable bonds is 1. The van der Waals surface area contributed by atoms with E-state index in [0.717, 1.165) is 42.8 Å². The Kier molecular flexibility index (Phi) is 3.64. The lowest BCUT2D eigenvalue weighted by Gasteiger charge is -2.59. The third-order valence-corrected chi connectivity index (χ3v) is 8.78. The van der Waals surface area contributed by atoms with Crippen LogP contribution in [0.3, 0.4) is 0 Å². The van der Waals surface area contributed by atoms with Crippen molar-refractivity contribution in [1.29, 1.82) is 0 Å². The standard InChI is InChI=1S/C24H32O2/c1-15-13-16-14-17(25)8-10-23(16,2)20-9-11-24(3)18(21-5-4-12-26-21)6-7-19(24)22(15)20/h4-6,12-13,15,17,19-20,22,25H,7-11,14H2,1-3H3/t15?,17?,19-,20-,22-,23-,24+/m0/s1. The summed E-state index contributed by atoms with van der Waals surface area (Å²) < 4.78 is 5.80. The maximum absolute atomic E-state index is 10.2. The molecule has 0 spiro atoms. The van der Waals surface area contributed by atoms with Crippen LogP contribution in [0.5, 0.6) is 0 Å². The van der Waals surface area contributed by atoms with E-state index in [4.69, 9.17) is 4.42 Å². The SMILES string of the molecule is CC1C=C2CC(O)CC[C@]2(C)[C@H]2CC[C@]3(C)C(c4ccco4)=CC[C@H]3[C@H]12. The summed E-state index contributed by atoms with van der Waals surface area (Å²) in [6.45, 7) is 7.43. The highest BCUT2D eigenvalue weighted by molar-refractivity contribution is 5.69. The zero-order valence-corrected chi connectivity index (χ0v) is 16.4. The van der Waals surface area contributed by atoms with Gasteiger partial charge in [0.25, 0.3) is 0 Å². The van der Waals surface area contributed by atoms with Gasteiger partial charge >= 0.3 is 0 Å². The molecule has 0 aliphatic heterocycles. The molecule has 0 saturated heterocycles. The number of fused-ring (bicyclic) bond motifs is 5. The predicted octanol–water partition coefficient (Wildman–Crippen LogP) is 5.84. The fourth-order valence-corrected chi connectivity index (χ4v) is 7.38. The molecule has 0 amide bonds. The first-order valence-corrected chi connectivity index (χ1v) is 10.6. The van der Waals surface area contributed by atoms with E-state index < -0.39 is 0 Å². The molecule has 0 radical (unpaired) electrons. The Morgan fingerprint density at radius 3 is 2.69 bits per heavy atom. The number of allylic oxidation sites excluding steroid dienone is 3. The van der Waals surface area contributed by atoms with Gasteiger partial charge < -0.3 is 9.52 Å². The van der Waals surface area contributed by atoms with Gasteiger partial charge in [0.2, 0.25) is 0 Å². The first-order valence-electron chi connectivity index (χ1n) is 10.6. The summed E-state index contributed by atoms with van der Waals surface area (Å²) in [7, 11) is 0. The van der Waals surface area contributed by atoms with Gasteiger partial charge in [-0.25, -0.2) is 0 Å². The molecule has 2 saturated carbocycles. The average Bonchev–Trinajstić information content (AvgIpc) is 3.23. The van der Waals surface area contributed by atoms with Crippen LogP contribution in [-0.4, -0.2) is 11.2 Å². The van der Waals surface area contributed by atoms with E-state index in [0.29, 0.717) is 11.3 Å². The van der Waals surface area contributed by atoms with Crippen molar-refractivity contribution in [3.63, 3.8) is 0 Å². The van der Waals surface area contributed by atoms with E-state index in [-0.39, 0.29) is 11.5 Å². The second-order valence-electron chi connectivity index (χ2n) is 9.94. The topological polar surface area (TPSA) is 33.4 Å². The summed E-state index contributed by atoms with van der Waals surface area (Å²) in [6, 6.07) is 4.16. The highest BCUT2D eigenvalue weighted by atomic mass is 16.3. The Labute approximate surface area is 157 Å². The van der Waals surface area contributed by atoms with Crippen LogP contribution in [0.4, 0.5) is 0 Å². The quantitative estimate of drug-likeness (QED) is 0.644. The first-order chi connectivity index (χ1) is 12.4. The number of hydrogen-bond donors (Lipinski definition) is 1. The van der Waals surface area contributed by atoms with Crippen LogP contribution >= 0.6 is 0 Å². The van der Waals surface area contributed by atoms with E-state index in [1.54, 1.807) is 5.57 Å². The van der Waals surface area contributed by atoms with Crippen molar-refractivity contribution in [3.8, 4) is 0 Å². The second-order valence-corrected chi connectivity index (χ2v) is 9.94. The minimum absolute atomic E-state index is 0.120. The lowest BCUT2D eigenvalue weighted by Crippen LogP contribution is -2.52. The smallest absolute Gasteiger partial charge is 0.130 e. The summed E-state index contributed by atoms with van der Waals surface area (Å²) in [5.74, 6) is 3.94. The Hall–Kier alpha value is -1.28. The van der Waals surface area contributed by atoms with Crippen LogP contribution in [0.15, 0.2) is 40.5 Å². The Morgan fingerprint density at radius 1 is 1.12 bits per heavy atom. The highest BCUT2D eigenvalue weighted by Gasteiger charge is 2.58. The molecule has 140 valence electrons. The van der Waals surface area contributed by atoms with Crippen molar-refractivity contribution in [2.75, 3.05) is 0 Å². The van der Waals surface area contributed by atoms with Crippen molar-refractivity contribution >= 4 is 5.57 Å². The number of aliphatic hydroxyl groups excluding tert-OH is 1. The molecule has 4 aliphatic rings. The zero-order valence-electron chi connectivity index (χ0n) is 16.4. The normalized spacial score (nSPS) is 47.5. The lowest BCUT2D eigenvalue weighted by atomic mass is 9.45. The molecular weight excluding hydrogens is 320 g/mol. The van der Waals surface area contributed by atoms with Crippen molar-refractivity contribution in [2.24, 2.45) is 34.5 Å². The van der Waals surface area contributed by atoms with Crippen molar-refractivity contribution in [3.05, 3.63) is 41.9 Å².